The standard InChI is InChI=1S/C22H14FN3S2/c23-17-9-12-1-2-15(17)18-5-6-19(27-18)16-4-3-14(20-21(16)26-28-25-20)13-7-8-22(24,10-12)11-13/h1-9,11H,10,24H2/t22-/m1/s1. The second kappa shape index (κ2) is 5.67. The molecule has 0 radical (unpaired) electrons. The van der Waals surface area contributed by atoms with Crippen molar-refractivity contribution in [2.45, 2.75) is 12.0 Å². The van der Waals surface area contributed by atoms with Crippen molar-refractivity contribution < 1.29 is 4.39 Å². The van der Waals surface area contributed by atoms with E-state index >= 15 is 0 Å². The molecule has 0 unspecified atom stereocenters. The number of hydrogen-bond donors (Lipinski definition) is 1. The fourth-order valence-corrected chi connectivity index (χ4v) is 5.69. The third-order valence-electron chi connectivity index (χ3n) is 5.40. The molecule has 8 bridgehead atoms. The van der Waals surface area contributed by atoms with Gasteiger partial charge in [-0.1, -0.05) is 42.5 Å². The zero-order chi connectivity index (χ0) is 18.9. The Morgan fingerprint density at radius 3 is 2.46 bits per heavy atom. The van der Waals surface area contributed by atoms with E-state index in [2.05, 4.69) is 27.0 Å². The summed E-state index contributed by atoms with van der Waals surface area (Å²) in [6, 6.07) is 13.6. The molecule has 136 valence electrons. The summed E-state index contributed by atoms with van der Waals surface area (Å²) in [5.41, 5.74) is 12.3. The minimum atomic E-state index is -0.645. The molecule has 4 aromatic rings. The quantitative estimate of drug-likeness (QED) is 0.426. The molecule has 0 fully saturated rings. The lowest BCUT2D eigenvalue weighted by atomic mass is 9.91. The Labute approximate surface area is 169 Å². The van der Waals surface area contributed by atoms with Crippen molar-refractivity contribution in [3.8, 4) is 20.9 Å². The fraction of sp³-hybridized carbons (Fsp3) is 0.0909. The average molecular weight is 404 g/mol. The Kier molecular flexibility index (Phi) is 3.30. The monoisotopic (exact) mass is 403 g/mol. The van der Waals surface area contributed by atoms with Gasteiger partial charge < -0.3 is 5.73 Å². The number of nitrogens with zero attached hydrogens (tertiary/aromatic N) is 2. The maximum absolute atomic E-state index is 14.9. The highest BCUT2D eigenvalue weighted by Crippen LogP contribution is 2.41. The van der Waals surface area contributed by atoms with Gasteiger partial charge in [0.05, 0.1) is 17.3 Å². The van der Waals surface area contributed by atoms with Gasteiger partial charge in [0.15, 0.2) is 0 Å². The van der Waals surface area contributed by atoms with Crippen LogP contribution in [0.1, 0.15) is 11.1 Å². The van der Waals surface area contributed by atoms with E-state index < -0.39 is 5.54 Å². The predicted octanol–water partition coefficient (Wildman–Crippen LogP) is 5.43. The van der Waals surface area contributed by atoms with Gasteiger partial charge in [-0.25, -0.2) is 4.39 Å². The topological polar surface area (TPSA) is 51.8 Å². The third kappa shape index (κ3) is 2.35. The van der Waals surface area contributed by atoms with Crippen LogP contribution in [0.2, 0.25) is 0 Å². The summed E-state index contributed by atoms with van der Waals surface area (Å²) in [6.45, 7) is 0. The second-order valence-electron chi connectivity index (χ2n) is 7.32. The minimum Gasteiger partial charge on any atom is -0.318 e. The number of hydrogen-bond acceptors (Lipinski definition) is 5. The molecule has 5 aliphatic rings. The van der Waals surface area contributed by atoms with Gasteiger partial charge >= 0.3 is 0 Å². The number of aromatic nitrogens is 2. The van der Waals surface area contributed by atoms with Crippen LogP contribution in [0.25, 0.3) is 37.5 Å². The van der Waals surface area contributed by atoms with Gasteiger partial charge in [-0.2, -0.15) is 8.75 Å². The molecular formula is C22H14FN3S2. The Hall–Kier alpha value is -2.67. The first-order valence-electron chi connectivity index (χ1n) is 8.95. The van der Waals surface area contributed by atoms with Crippen molar-refractivity contribution >= 4 is 39.7 Å². The second-order valence-corrected chi connectivity index (χ2v) is 8.93. The van der Waals surface area contributed by atoms with E-state index in [1.165, 1.54) is 11.7 Å². The summed E-state index contributed by atoms with van der Waals surface area (Å²) in [6.07, 6.45) is 6.61. The molecule has 3 nitrogen and oxygen atoms in total. The maximum atomic E-state index is 14.9. The first-order chi connectivity index (χ1) is 13.6. The molecule has 9 rings (SSSR count). The number of halogens is 1. The predicted molar refractivity (Wildman–Crippen MR) is 114 cm³/mol. The molecule has 1 aliphatic carbocycles. The average Bonchev–Trinajstić information content (AvgIpc) is 3.40. The van der Waals surface area contributed by atoms with Crippen molar-refractivity contribution in [3.05, 3.63) is 77.6 Å². The molecule has 0 saturated carbocycles. The Bertz CT molecular complexity index is 1330. The van der Waals surface area contributed by atoms with Gasteiger partial charge in [0, 0.05) is 26.4 Å². The largest absolute Gasteiger partial charge is 0.318 e. The molecule has 1 atom stereocenters. The summed E-state index contributed by atoms with van der Waals surface area (Å²) in [5.74, 6) is -0.217. The summed E-state index contributed by atoms with van der Waals surface area (Å²) in [7, 11) is 0. The number of nitrogens with two attached hydrogens (primary N) is 1. The summed E-state index contributed by atoms with van der Waals surface area (Å²) in [4.78, 5) is 1.96. The minimum absolute atomic E-state index is 0.217. The maximum Gasteiger partial charge on any atom is 0.132 e. The van der Waals surface area contributed by atoms with E-state index in [0.29, 0.717) is 12.0 Å². The van der Waals surface area contributed by atoms with E-state index in [-0.39, 0.29) is 5.82 Å². The highest BCUT2D eigenvalue weighted by Gasteiger charge is 2.27. The van der Waals surface area contributed by atoms with Gasteiger partial charge in [0.1, 0.15) is 16.9 Å². The highest BCUT2D eigenvalue weighted by atomic mass is 32.1. The molecule has 6 heteroatoms. The molecule has 2 N–H and O–H groups in total. The van der Waals surface area contributed by atoms with Crippen LogP contribution in [-0.2, 0) is 6.42 Å². The van der Waals surface area contributed by atoms with E-state index in [1.54, 1.807) is 17.4 Å². The van der Waals surface area contributed by atoms with Crippen LogP contribution in [0.4, 0.5) is 4.39 Å². The number of rotatable bonds is 0. The SMILES string of the molecule is N[C@@]12C=CC(=C1)c1ccc(c3nsnc13)-c1ccc(s1)-c1ccc(cc1F)C2. The van der Waals surface area contributed by atoms with Crippen LogP contribution in [0.15, 0.2) is 60.7 Å². The molecule has 6 heterocycles. The Morgan fingerprint density at radius 2 is 1.64 bits per heavy atom. The highest BCUT2D eigenvalue weighted by molar-refractivity contribution is 7.19. The van der Waals surface area contributed by atoms with Crippen molar-refractivity contribution in [1.29, 1.82) is 0 Å². The molecule has 0 spiro atoms. The zero-order valence-corrected chi connectivity index (χ0v) is 16.3. The van der Waals surface area contributed by atoms with E-state index in [0.717, 1.165) is 43.1 Å². The van der Waals surface area contributed by atoms with Gasteiger partial charge in [-0.15, -0.1) is 11.3 Å². The number of allylic oxidation sites excluding steroid dienone is 2. The van der Waals surface area contributed by atoms with Gasteiger partial charge in [0.2, 0.25) is 0 Å². The smallest absolute Gasteiger partial charge is 0.132 e. The van der Waals surface area contributed by atoms with Crippen molar-refractivity contribution in [1.82, 2.24) is 8.75 Å². The molecule has 4 aliphatic heterocycles. The number of benzene rings is 2. The van der Waals surface area contributed by atoms with Gasteiger partial charge in [-0.05, 0) is 35.8 Å². The molecule has 0 amide bonds. The van der Waals surface area contributed by atoms with E-state index in [4.69, 9.17) is 5.73 Å². The van der Waals surface area contributed by atoms with Crippen molar-refractivity contribution in [2.24, 2.45) is 5.73 Å². The number of thiophene rings is 1. The van der Waals surface area contributed by atoms with Crippen LogP contribution in [0, 0.1) is 5.82 Å². The Morgan fingerprint density at radius 1 is 0.929 bits per heavy atom. The van der Waals surface area contributed by atoms with E-state index in [1.807, 2.05) is 36.4 Å². The van der Waals surface area contributed by atoms with Crippen LogP contribution in [0.3, 0.4) is 0 Å². The lowest BCUT2D eigenvalue weighted by Crippen LogP contribution is -2.36. The zero-order valence-electron chi connectivity index (χ0n) is 14.6. The first kappa shape index (κ1) is 16.3. The molecule has 0 saturated heterocycles. The van der Waals surface area contributed by atoms with Crippen LogP contribution in [0.5, 0.6) is 0 Å². The molecule has 2 aromatic carbocycles. The van der Waals surface area contributed by atoms with Gasteiger partial charge in [-0.3, -0.25) is 0 Å². The molecule has 2 aromatic heterocycles. The summed E-state index contributed by atoms with van der Waals surface area (Å²) in [5, 5.41) is 0. The summed E-state index contributed by atoms with van der Waals surface area (Å²) >= 11 is 2.79. The van der Waals surface area contributed by atoms with Crippen LogP contribution < -0.4 is 5.73 Å². The Balaban J connectivity index is 1.69. The van der Waals surface area contributed by atoms with Crippen molar-refractivity contribution in [2.75, 3.05) is 0 Å². The van der Waals surface area contributed by atoms with E-state index in [9.17, 15) is 4.39 Å². The summed E-state index contributed by atoms with van der Waals surface area (Å²) < 4.78 is 24.0. The molecule has 28 heavy (non-hydrogen) atoms. The fourth-order valence-electron chi connectivity index (χ4n) is 4.06. The third-order valence-corrected chi connectivity index (χ3v) is 7.08. The molecular weight excluding hydrogens is 389 g/mol. The normalized spacial score (nSPS) is 19.9. The first-order valence-corrected chi connectivity index (χ1v) is 10.5. The van der Waals surface area contributed by atoms with Crippen LogP contribution in [-0.4, -0.2) is 14.3 Å². The van der Waals surface area contributed by atoms with Crippen LogP contribution >= 0.6 is 23.1 Å². The van der Waals surface area contributed by atoms with Crippen molar-refractivity contribution in [3.63, 3.8) is 0 Å². The lowest BCUT2D eigenvalue weighted by Gasteiger charge is -2.20. The lowest BCUT2D eigenvalue weighted by molar-refractivity contribution is 0.619. The van der Waals surface area contributed by atoms with Gasteiger partial charge in [0.25, 0.3) is 0 Å².